The van der Waals surface area contributed by atoms with Crippen molar-refractivity contribution in [3.8, 4) is 0 Å². The molecule has 66 valence electrons. The molecule has 1 saturated carbocycles. The topological polar surface area (TPSA) is 12.0 Å². The van der Waals surface area contributed by atoms with Crippen LogP contribution in [0.15, 0.2) is 17.5 Å². The lowest BCUT2D eigenvalue weighted by Crippen LogP contribution is -2.15. The quantitative estimate of drug-likeness (QED) is 0.753. The van der Waals surface area contributed by atoms with Gasteiger partial charge in [-0.1, -0.05) is 18.9 Å². The number of hydrogen-bond acceptors (Lipinski definition) is 2. The van der Waals surface area contributed by atoms with Gasteiger partial charge >= 0.3 is 0 Å². The Morgan fingerprint density at radius 2 is 2.50 bits per heavy atom. The summed E-state index contributed by atoms with van der Waals surface area (Å²) in [5, 5.41) is 5.55. The maximum absolute atomic E-state index is 3.39. The molecule has 0 amide bonds. The average molecular weight is 181 g/mol. The molecule has 0 bridgehead atoms. The van der Waals surface area contributed by atoms with Crippen LogP contribution in [0.3, 0.4) is 0 Å². The molecule has 0 aliphatic heterocycles. The fraction of sp³-hybridized carbons (Fsp3) is 0.600. The van der Waals surface area contributed by atoms with Gasteiger partial charge in [-0.25, -0.2) is 0 Å². The van der Waals surface area contributed by atoms with Crippen LogP contribution in [0.25, 0.3) is 0 Å². The van der Waals surface area contributed by atoms with E-state index in [1.54, 1.807) is 0 Å². The Balaban J connectivity index is 1.97. The molecular formula is C10H15NS. The largest absolute Gasteiger partial charge is 0.312 e. The predicted octanol–water partition coefficient (Wildman–Crippen LogP) is 2.81. The zero-order valence-corrected chi connectivity index (χ0v) is 8.23. The monoisotopic (exact) mass is 181 g/mol. The number of nitrogens with one attached hydrogen (secondary N) is 1. The molecule has 0 radical (unpaired) electrons. The second-order valence-corrected chi connectivity index (χ2v) is 4.52. The molecule has 1 N–H and O–H groups in total. The van der Waals surface area contributed by atoms with Crippen molar-refractivity contribution >= 4 is 11.3 Å². The van der Waals surface area contributed by atoms with Crippen LogP contribution in [0.5, 0.6) is 0 Å². The minimum Gasteiger partial charge on any atom is -0.312 e. The summed E-state index contributed by atoms with van der Waals surface area (Å²) in [6.45, 7) is 0. The highest BCUT2D eigenvalue weighted by atomic mass is 32.1. The summed E-state index contributed by atoms with van der Waals surface area (Å²) in [5.41, 5.74) is 0. The van der Waals surface area contributed by atoms with Crippen LogP contribution in [-0.2, 0) is 0 Å². The zero-order valence-electron chi connectivity index (χ0n) is 7.42. The summed E-state index contributed by atoms with van der Waals surface area (Å²) in [4.78, 5) is 1.49. The molecule has 1 nitrogen and oxygen atoms in total. The molecule has 1 heterocycles. The third-order valence-electron chi connectivity index (χ3n) is 2.50. The maximum Gasteiger partial charge on any atom is 0.0414 e. The lowest BCUT2D eigenvalue weighted by atomic mass is 10.1. The first-order chi connectivity index (χ1) is 5.90. The third kappa shape index (κ3) is 1.87. The van der Waals surface area contributed by atoms with Crippen LogP contribution in [-0.4, -0.2) is 7.05 Å². The average Bonchev–Trinajstić information content (AvgIpc) is 2.74. The van der Waals surface area contributed by atoms with Gasteiger partial charge in [-0.05, 0) is 30.8 Å². The van der Waals surface area contributed by atoms with Crippen LogP contribution >= 0.6 is 11.3 Å². The van der Waals surface area contributed by atoms with Crippen LogP contribution < -0.4 is 5.32 Å². The first-order valence-electron chi connectivity index (χ1n) is 4.61. The molecule has 1 aromatic heterocycles. The summed E-state index contributed by atoms with van der Waals surface area (Å²) in [7, 11) is 2.06. The highest BCUT2D eigenvalue weighted by molar-refractivity contribution is 7.10. The lowest BCUT2D eigenvalue weighted by Gasteiger charge is -2.13. The van der Waals surface area contributed by atoms with Gasteiger partial charge in [0.25, 0.3) is 0 Å². The molecule has 1 aliphatic carbocycles. The molecule has 1 unspecified atom stereocenters. The van der Waals surface area contributed by atoms with E-state index in [-0.39, 0.29) is 0 Å². The van der Waals surface area contributed by atoms with Crippen molar-refractivity contribution in [3.05, 3.63) is 22.4 Å². The van der Waals surface area contributed by atoms with Gasteiger partial charge in [-0.2, -0.15) is 0 Å². The van der Waals surface area contributed by atoms with Gasteiger partial charge in [0.1, 0.15) is 0 Å². The third-order valence-corrected chi connectivity index (χ3v) is 3.49. The smallest absolute Gasteiger partial charge is 0.0414 e. The molecule has 0 spiro atoms. The molecule has 1 aromatic rings. The van der Waals surface area contributed by atoms with E-state index >= 15 is 0 Å². The van der Waals surface area contributed by atoms with Crippen molar-refractivity contribution in [2.75, 3.05) is 7.05 Å². The molecule has 0 saturated heterocycles. The van der Waals surface area contributed by atoms with Gasteiger partial charge in [0, 0.05) is 10.9 Å². The van der Waals surface area contributed by atoms with E-state index in [0.717, 1.165) is 5.92 Å². The summed E-state index contributed by atoms with van der Waals surface area (Å²) >= 11 is 1.86. The maximum atomic E-state index is 3.39. The first-order valence-corrected chi connectivity index (χ1v) is 5.49. The highest BCUT2D eigenvalue weighted by Gasteiger charge is 2.25. The normalized spacial score (nSPS) is 19.4. The van der Waals surface area contributed by atoms with Gasteiger partial charge in [-0.15, -0.1) is 11.3 Å². The van der Waals surface area contributed by atoms with Gasteiger partial charge in [-0.3, -0.25) is 0 Å². The first kappa shape index (κ1) is 8.27. The van der Waals surface area contributed by atoms with Crippen molar-refractivity contribution < 1.29 is 0 Å². The van der Waals surface area contributed by atoms with E-state index in [1.807, 2.05) is 11.3 Å². The van der Waals surface area contributed by atoms with Crippen LogP contribution in [0.2, 0.25) is 0 Å². The molecule has 1 aliphatic rings. The highest BCUT2D eigenvalue weighted by Crippen LogP contribution is 2.38. The minimum absolute atomic E-state index is 0.609. The summed E-state index contributed by atoms with van der Waals surface area (Å²) in [5.74, 6) is 1.00. The summed E-state index contributed by atoms with van der Waals surface area (Å²) < 4.78 is 0. The fourth-order valence-corrected chi connectivity index (χ4v) is 2.40. The van der Waals surface area contributed by atoms with Crippen LogP contribution in [0, 0.1) is 5.92 Å². The number of hydrogen-bond donors (Lipinski definition) is 1. The lowest BCUT2D eigenvalue weighted by molar-refractivity contribution is 0.522. The Morgan fingerprint density at radius 3 is 3.00 bits per heavy atom. The SMILES string of the molecule is CNC(CC1CC1)c1cccs1. The minimum atomic E-state index is 0.609. The van der Waals surface area contributed by atoms with Crippen molar-refractivity contribution in [2.24, 2.45) is 5.92 Å². The summed E-state index contributed by atoms with van der Waals surface area (Å²) in [6.07, 6.45) is 4.23. The van der Waals surface area contributed by atoms with Gasteiger partial charge in [0.15, 0.2) is 0 Å². The Hall–Kier alpha value is -0.340. The second-order valence-electron chi connectivity index (χ2n) is 3.54. The molecule has 1 atom stereocenters. The number of rotatable bonds is 4. The van der Waals surface area contributed by atoms with Gasteiger partial charge in [0.2, 0.25) is 0 Å². The van der Waals surface area contributed by atoms with Gasteiger partial charge in [0.05, 0.1) is 0 Å². The summed E-state index contributed by atoms with van der Waals surface area (Å²) in [6, 6.07) is 4.98. The van der Waals surface area contributed by atoms with E-state index in [2.05, 4.69) is 29.9 Å². The van der Waals surface area contributed by atoms with Gasteiger partial charge < -0.3 is 5.32 Å². The van der Waals surface area contributed by atoms with Crippen LogP contribution in [0.4, 0.5) is 0 Å². The standard InChI is InChI=1S/C10H15NS/c1-11-9(7-8-4-5-8)10-3-2-6-12-10/h2-3,6,8-9,11H,4-5,7H2,1H3. The molecule has 0 aromatic carbocycles. The Morgan fingerprint density at radius 1 is 1.67 bits per heavy atom. The zero-order chi connectivity index (χ0) is 8.39. The predicted molar refractivity (Wildman–Crippen MR) is 53.5 cm³/mol. The number of thiophene rings is 1. The molecule has 12 heavy (non-hydrogen) atoms. The Labute approximate surface area is 77.8 Å². The Kier molecular flexibility index (Phi) is 2.47. The molecule has 1 fully saturated rings. The van der Waals surface area contributed by atoms with Crippen molar-refractivity contribution in [1.29, 1.82) is 0 Å². The van der Waals surface area contributed by atoms with E-state index in [0.29, 0.717) is 6.04 Å². The van der Waals surface area contributed by atoms with Crippen molar-refractivity contribution in [3.63, 3.8) is 0 Å². The van der Waals surface area contributed by atoms with E-state index < -0.39 is 0 Å². The molecule has 2 heteroatoms. The van der Waals surface area contributed by atoms with Crippen molar-refractivity contribution in [1.82, 2.24) is 5.32 Å². The fourth-order valence-electron chi connectivity index (χ4n) is 1.55. The molecular weight excluding hydrogens is 166 g/mol. The van der Waals surface area contributed by atoms with E-state index in [1.165, 1.54) is 24.1 Å². The Bertz CT molecular complexity index is 226. The molecule has 2 rings (SSSR count). The van der Waals surface area contributed by atoms with E-state index in [4.69, 9.17) is 0 Å². The van der Waals surface area contributed by atoms with E-state index in [9.17, 15) is 0 Å². The van der Waals surface area contributed by atoms with Crippen LogP contribution in [0.1, 0.15) is 30.2 Å². The second kappa shape index (κ2) is 3.58. The van der Waals surface area contributed by atoms with Crippen molar-refractivity contribution in [2.45, 2.75) is 25.3 Å².